The molecular weight excluding hydrogens is 377 g/mol. The number of nitrogens with two attached hydrogens (primary N) is 1. The van der Waals surface area contributed by atoms with Gasteiger partial charge in [-0.1, -0.05) is 35.3 Å². The number of nitrogen functional groups attached to an aromatic ring is 1. The lowest BCUT2D eigenvalue weighted by Crippen LogP contribution is -2.03. The van der Waals surface area contributed by atoms with Crippen molar-refractivity contribution in [2.75, 3.05) is 11.5 Å². The molecule has 4 rings (SSSR count). The Morgan fingerprint density at radius 3 is 2.76 bits per heavy atom. The monoisotopic (exact) mass is 389 g/mol. The fourth-order valence-corrected chi connectivity index (χ4v) is 4.32. The highest BCUT2D eigenvalue weighted by Gasteiger charge is 2.23. The summed E-state index contributed by atoms with van der Waals surface area (Å²) >= 11 is 13.8. The van der Waals surface area contributed by atoms with E-state index in [2.05, 4.69) is 11.5 Å². The summed E-state index contributed by atoms with van der Waals surface area (Å²) in [5, 5.41) is 3.56. The number of allylic oxidation sites excluding steroid dienone is 1. The number of thioether (sulfide) groups is 1. The number of rotatable bonds is 3. The van der Waals surface area contributed by atoms with Crippen LogP contribution in [0.1, 0.15) is 27.6 Å². The molecule has 3 aromatic rings. The van der Waals surface area contributed by atoms with Crippen molar-refractivity contribution in [1.29, 1.82) is 0 Å². The van der Waals surface area contributed by atoms with E-state index < -0.39 is 0 Å². The van der Waals surface area contributed by atoms with Crippen LogP contribution in [0.25, 0.3) is 11.0 Å². The Labute approximate surface area is 158 Å². The van der Waals surface area contributed by atoms with E-state index in [4.69, 9.17) is 33.4 Å². The Morgan fingerprint density at radius 2 is 2.04 bits per heavy atom. The number of fused-ring (bicyclic) bond motifs is 1. The number of hydrogen-bond acceptors (Lipinski definition) is 4. The molecule has 126 valence electrons. The molecule has 2 heterocycles. The minimum Gasteiger partial charge on any atom is -0.450 e. The molecule has 0 aliphatic carbocycles. The molecule has 1 aliphatic heterocycles. The number of hydrogen-bond donors (Lipinski definition) is 1. The van der Waals surface area contributed by atoms with Crippen molar-refractivity contribution in [2.24, 2.45) is 0 Å². The quantitative estimate of drug-likeness (QED) is 0.566. The Bertz CT molecular complexity index is 1030. The fraction of sp³-hybridized carbons (Fsp3) is 0.105. The van der Waals surface area contributed by atoms with Gasteiger partial charge in [-0.2, -0.15) is 0 Å². The van der Waals surface area contributed by atoms with Crippen LogP contribution in [0.3, 0.4) is 0 Å². The summed E-state index contributed by atoms with van der Waals surface area (Å²) in [5.74, 6) is 1.11. The number of halogens is 2. The van der Waals surface area contributed by atoms with Crippen molar-refractivity contribution in [3.63, 3.8) is 0 Å². The third kappa shape index (κ3) is 2.95. The van der Waals surface area contributed by atoms with E-state index in [9.17, 15) is 4.79 Å². The molecule has 6 heteroatoms. The summed E-state index contributed by atoms with van der Waals surface area (Å²) in [5.41, 5.74) is 8.55. The third-order valence-electron chi connectivity index (χ3n) is 4.25. The average molecular weight is 390 g/mol. The van der Waals surface area contributed by atoms with Gasteiger partial charge in [0, 0.05) is 27.6 Å². The van der Waals surface area contributed by atoms with E-state index in [1.807, 2.05) is 18.2 Å². The van der Waals surface area contributed by atoms with E-state index in [1.54, 1.807) is 23.9 Å². The van der Waals surface area contributed by atoms with Gasteiger partial charge >= 0.3 is 0 Å². The summed E-state index contributed by atoms with van der Waals surface area (Å²) in [6.07, 6.45) is 2.16. The highest BCUT2D eigenvalue weighted by atomic mass is 35.5. The molecule has 0 fully saturated rings. The first-order chi connectivity index (χ1) is 12.0. The topological polar surface area (TPSA) is 56.2 Å². The van der Waals surface area contributed by atoms with Crippen LogP contribution in [-0.4, -0.2) is 11.5 Å². The van der Waals surface area contributed by atoms with Crippen molar-refractivity contribution in [1.82, 2.24) is 0 Å². The molecule has 25 heavy (non-hydrogen) atoms. The van der Waals surface area contributed by atoms with Crippen molar-refractivity contribution in [3.05, 3.63) is 74.8 Å². The number of carbonyl (C=O) groups is 1. The number of ketones is 1. The first kappa shape index (κ1) is 16.6. The number of carbonyl (C=O) groups excluding carboxylic acids is 1. The second kappa shape index (κ2) is 6.45. The van der Waals surface area contributed by atoms with Crippen molar-refractivity contribution >= 4 is 57.4 Å². The lowest BCUT2D eigenvalue weighted by atomic mass is 10.00. The second-order valence-corrected chi connectivity index (χ2v) is 7.60. The van der Waals surface area contributed by atoms with Gasteiger partial charge in [-0.15, -0.1) is 11.8 Å². The largest absolute Gasteiger partial charge is 0.450 e. The SMILES string of the molecule is Nc1c(C(=O)c2ccc(Cl)cc2Cl)oc2cc(C3C=CSC3)ccc12. The van der Waals surface area contributed by atoms with Crippen LogP contribution < -0.4 is 5.73 Å². The van der Waals surface area contributed by atoms with Crippen LogP contribution in [0.4, 0.5) is 5.69 Å². The lowest BCUT2D eigenvalue weighted by Gasteiger charge is -2.06. The van der Waals surface area contributed by atoms with Gasteiger partial charge in [-0.25, -0.2) is 0 Å². The van der Waals surface area contributed by atoms with E-state index in [0.717, 1.165) is 16.7 Å². The highest BCUT2D eigenvalue weighted by molar-refractivity contribution is 8.02. The number of furan rings is 1. The minimum atomic E-state index is -0.353. The van der Waals surface area contributed by atoms with Crippen LogP contribution in [0.15, 0.2) is 52.3 Å². The predicted molar refractivity (Wildman–Crippen MR) is 105 cm³/mol. The van der Waals surface area contributed by atoms with Gasteiger partial charge in [-0.05, 0) is 41.3 Å². The molecule has 2 N–H and O–H groups in total. The Kier molecular flexibility index (Phi) is 4.28. The molecule has 0 saturated carbocycles. The average Bonchev–Trinajstić information content (AvgIpc) is 3.22. The van der Waals surface area contributed by atoms with Gasteiger partial charge in [0.15, 0.2) is 5.76 Å². The van der Waals surface area contributed by atoms with Crippen molar-refractivity contribution in [2.45, 2.75) is 5.92 Å². The highest BCUT2D eigenvalue weighted by Crippen LogP contribution is 2.36. The Hall–Kier alpha value is -1.88. The lowest BCUT2D eigenvalue weighted by molar-refractivity contribution is 0.101. The van der Waals surface area contributed by atoms with Crippen LogP contribution in [0.5, 0.6) is 0 Å². The second-order valence-electron chi connectivity index (χ2n) is 5.82. The molecule has 0 radical (unpaired) electrons. The molecule has 1 aliphatic rings. The molecule has 0 saturated heterocycles. The third-order valence-corrected chi connectivity index (χ3v) is 5.69. The molecule has 0 amide bonds. The predicted octanol–water partition coefficient (Wildman–Crippen LogP) is 5.90. The fourth-order valence-electron chi connectivity index (χ4n) is 2.90. The summed E-state index contributed by atoms with van der Waals surface area (Å²) < 4.78 is 5.80. The van der Waals surface area contributed by atoms with E-state index >= 15 is 0 Å². The molecule has 3 nitrogen and oxygen atoms in total. The summed E-state index contributed by atoms with van der Waals surface area (Å²) in [6.45, 7) is 0. The molecule has 1 unspecified atom stereocenters. The zero-order valence-electron chi connectivity index (χ0n) is 13.0. The maximum absolute atomic E-state index is 12.8. The first-order valence-electron chi connectivity index (χ1n) is 7.64. The van der Waals surface area contributed by atoms with Gasteiger partial charge in [-0.3, -0.25) is 4.79 Å². The smallest absolute Gasteiger partial charge is 0.231 e. The molecule has 0 bridgehead atoms. The Balaban J connectivity index is 1.78. The molecule has 1 aromatic heterocycles. The Morgan fingerprint density at radius 1 is 1.20 bits per heavy atom. The maximum atomic E-state index is 12.8. The van der Waals surface area contributed by atoms with Crippen molar-refractivity contribution < 1.29 is 9.21 Å². The van der Waals surface area contributed by atoms with Gasteiger partial charge in [0.25, 0.3) is 0 Å². The van der Waals surface area contributed by atoms with E-state index in [1.165, 1.54) is 6.07 Å². The van der Waals surface area contributed by atoms with Crippen LogP contribution >= 0.6 is 35.0 Å². The minimum absolute atomic E-state index is 0.104. The zero-order valence-corrected chi connectivity index (χ0v) is 15.3. The molecular formula is C19H13Cl2NO2S. The standard InChI is InChI=1S/C19H13Cl2NO2S/c20-12-2-4-13(15(21)8-12)18(23)19-17(22)14-3-1-10(7-16(14)24-19)11-5-6-25-9-11/h1-8,11H,9,22H2. The normalized spacial score (nSPS) is 16.6. The van der Waals surface area contributed by atoms with Gasteiger partial charge < -0.3 is 10.2 Å². The van der Waals surface area contributed by atoms with Crippen LogP contribution in [-0.2, 0) is 0 Å². The summed E-state index contributed by atoms with van der Waals surface area (Å²) in [4.78, 5) is 12.8. The van der Waals surface area contributed by atoms with Gasteiger partial charge in [0.05, 0.1) is 10.7 Å². The van der Waals surface area contributed by atoms with Crippen LogP contribution in [0.2, 0.25) is 10.0 Å². The van der Waals surface area contributed by atoms with E-state index in [-0.39, 0.29) is 16.6 Å². The molecule has 0 spiro atoms. The number of anilines is 1. The zero-order chi connectivity index (χ0) is 17.6. The summed E-state index contributed by atoms with van der Waals surface area (Å²) in [7, 11) is 0. The van der Waals surface area contributed by atoms with E-state index in [0.29, 0.717) is 27.8 Å². The first-order valence-corrected chi connectivity index (χ1v) is 9.45. The van der Waals surface area contributed by atoms with Gasteiger partial charge in [0.2, 0.25) is 5.78 Å². The summed E-state index contributed by atoms with van der Waals surface area (Å²) in [6, 6.07) is 10.6. The van der Waals surface area contributed by atoms with Crippen LogP contribution in [0, 0.1) is 0 Å². The van der Waals surface area contributed by atoms with Crippen molar-refractivity contribution in [3.8, 4) is 0 Å². The van der Waals surface area contributed by atoms with Gasteiger partial charge in [0.1, 0.15) is 5.58 Å². The molecule has 2 aromatic carbocycles. The maximum Gasteiger partial charge on any atom is 0.231 e. The molecule has 1 atom stereocenters. The number of benzene rings is 2.